The number of hydrogen-bond donors (Lipinski definition) is 0. The number of aromatic nitrogens is 1. The summed E-state index contributed by atoms with van der Waals surface area (Å²) in [6.07, 6.45) is -1.74. The SMILES string of the molecule is CC1=C(CCCCN2CCN(S(=O)(=O)c3cccc4cccnc34)CC2)C(=O)N(c2ccc(C#N)c(C(F)(F)F)c2)C1=O. The number of pyridine rings is 1. The Balaban J connectivity index is 1.15. The summed E-state index contributed by atoms with van der Waals surface area (Å²) >= 11 is 0. The molecule has 0 spiro atoms. The van der Waals surface area contributed by atoms with E-state index in [1.165, 1.54) is 17.3 Å². The zero-order valence-electron chi connectivity index (χ0n) is 23.3. The number of nitrogens with zero attached hydrogens (tertiary/aromatic N) is 5. The molecule has 0 aliphatic carbocycles. The average Bonchev–Trinajstić information content (AvgIpc) is 3.21. The fraction of sp³-hybridized carbons (Fsp3) is 0.333. The molecule has 9 nitrogen and oxygen atoms in total. The number of halogens is 3. The van der Waals surface area contributed by atoms with Crippen LogP contribution in [0.1, 0.15) is 37.3 Å². The molecule has 2 aliphatic heterocycles. The Morgan fingerprint density at radius 3 is 2.40 bits per heavy atom. The number of hydrogen-bond acceptors (Lipinski definition) is 7. The fourth-order valence-electron chi connectivity index (χ4n) is 5.47. The number of carbonyl (C=O) groups excluding carboxylic acids is 2. The fourth-order valence-corrected chi connectivity index (χ4v) is 7.06. The van der Waals surface area contributed by atoms with Crippen molar-refractivity contribution in [3.05, 3.63) is 77.0 Å². The number of rotatable bonds is 8. The third-order valence-electron chi connectivity index (χ3n) is 7.82. The molecule has 2 amide bonds. The van der Waals surface area contributed by atoms with Gasteiger partial charge in [0, 0.05) is 48.9 Å². The van der Waals surface area contributed by atoms with Crippen molar-refractivity contribution in [3.63, 3.8) is 0 Å². The molecule has 2 aliphatic rings. The van der Waals surface area contributed by atoms with E-state index in [0.717, 1.165) is 22.4 Å². The lowest BCUT2D eigenvalue weighted by Gasteiger charge is -2.34. The first-order valence-corrected chi connectivity index (χ1v) is 15.1. The summed E-state index contributed by atoms with van der Waals surface area (Å²) < 4.78 is 68.5. The number of sulfonamides is 1. The molecule has 5 rings (SSSR count). The Kier molecular flexibility index (Phi) is 8.38. The second kappa shape index (κ2) is 11.9. The first kappa shape index (κ1) is 30.3. The number of benzene rings is 2. The number of carbonyl (C=O) groups is 2. The van der Waals surface area contributed by atoms with Crippen molar-refractivity contribution < 1.29 is 31.2 Å². The predicted molar refractivity (Wildman–Crippen MR) is 152 cm³/mol. The molecular weight excluding hydrogens is 583 g/mol. The summed E-state index contributed by atoms with van der Waals surface area (Å²) in [6, 6.07) is 12.9. The summed E-state index contributed by atoms with van der Waals surface area (Å²) in [5.41, 5.74) is -1.16. The number of imide groups is 1. The molecule has 0 N–H and O–H groups in total. The minimum atomic E-state index is -4.82. The molecule has 2 aromatic carbocycles. The highest BCUT2D eigenvalue weighted by atomic mass is 32.2. The molecule has 13 heteroatoms. The quantitative estimate of drug-likeness (QED) is 0.272. The summed E-state index contributed by atoms with van der Waals surface area (Å²) in [4.78, 5) is 33.3. The standard InChI is InChI=1S/C30H28F3N5O4S/c1-20-24(29(40)38(28(20)39)23-11-10-22(19-34)25(18-23)30(31,32)33)8-2-3-13-36-14-16-37(17-15-36)43(41,42)26-9-4-6-21-7-5-12-35-27(21)26/h4-7,9-12,18H,2-3,8,13-17H2,1H3. The molecule has 0 radical (unpaired) electrons. The Morgan fingerprint density at radius 2 is 1.70 bits per heavy atom. The number of para-hydroxylation sites is 1. The minimum absolute atomic E-state index is 0.183. The van der Waals surface area contributed by atoms with Crippen LogP contribution in [0.15, 0.2) is 70.8 Å². The van der Waals surface area contributed by atoms with Gasteiger partial charge in [-0.3, -0.25) is 14.6 Å². The van der Waals surface area contributed by atoms with Crippen LogP contribution < -0.4 is 4.90 Å². The maximum absolute atomic E-state index is 13.4. The predicted octanol–water partition coefficient (Wildman–Crippen LogP) is 4.49. The number of nitriles is 1. The van der Waals surface area contributed by atoms with Crippen LogP contribution in [0.2, 0.25) is 0 Å². The normalized spacial score (nSPS) is 17.2. The second-order valence-electron chi connectivity index (χ2n) is 10.4. The lowest BCUT2D eigenvalue weighted by molar-refractivity contribution is -0.138. The van der Waals surface area contributed by atoms with Crippen molar-refractivity contribution >= 4 is 38.4 Å². The summed E-state index contributed by atoms with van der Waals surface area (Å²) in [5.74, 6) is -1.35. The average molecular weight is 612 g/mol. The van der Waals surface area contributed by atoms with Crippen molar-refractivity contribution in [2.45, 2.75) is 37.3 Å². The van der Waals surface area contributed by atoms with E-state index in [-0.39, 0.29) is 28.1 Å². The Bertz CT molecular complexity index is 1770. The molecular formula is C30H28F3N5O4S. The zero-order chi connectivity index (χ0) is 30.9. The molecule has 1 fully saturated rings. The van der Waals surface area contributed by atoms with Crippen LogP contribution in [0.4, 0.5) is 18.9 Å². The molecule has 0 saturated carbocycles. The van der Waals surface area contributed by atoms with Gasteiger partial charge >= 0.3 is 6.18 Å². The molecule has 0 unspecified atom stereocenters. The van der Waals surface area contributed by atoms with Crippen LogP contribution in [-0.2, 0) is 25.8 Å². The number of anilines is 1. The van der Waals surface area contributed by atoms with Gasteiger partial charge in [-0.25, -0.2) is 13.3 Å². The van der Waals surface area contributed by atoms with Crippen LogP contribution in [0.25, 0.3) is 10.9 Å². The number of unbranched alkanes of at least 4 members (excludes halogenated alkanes) is 1. The van der Waals surface area contributed by atoms with Crippen molar-refractivity contribution in [3.8, 4) is 6.07 Å². The third-order valence-corrected chi connectivity index (χ3v) is 9.75. The minimum Gasteiger partial charge on any atom is -0.301 e. The Hall–Kier alpha value is -4.12. The van der Waals surface area contributed by atoms with Crippen molar-refractivity contribution in [2.24, 2.45) is 0 Å². The zero-order valence-corrected chi connectivity index (χ0v) is 24.1. The maximum Gasteiger partial charge on any atom is 0.417 e. The van der Waals surface area contributed by atoms with Crippen molar-refractivity contribution in [1.29, 1.82) is 5.26 Å². The molecule has 0 atom stereocenters. The second-order valence-corrected chi connectivity index (χ2v) is 12.3. The van der Waals surface area contributed by atoms with E-state index in [1.807, 2.05) is 12.1 Å². The maximum atomic E-state index is 13.4. The van der Waals surface area contributed by atoms with Crippen LogP contribution in [0.3, 0.4) is 0 Å². The van der Waals surface area contributed by atoms with Gasteiger partial charge in [0.2, 0.25) is 10.0 Å². The van der Waals surface area contributed by atoms with E-state index in [1.54, 1.807) is 24.4 Å². The first-order chi connectivity index (χ1) is 20.4. The monoisotopic (exact) mass is 611 g/mol. The van der Waals surface area contributed by atoms with E-state index in [9.17, 15) is 31.2 Å². The highest BCUT2D eigenvalue weighted by Gasteiger charge is 2.39. The Labute approximate surface area is 246 Å². The molecule has 1 aromatic heterocycles. The van der Waals surface area contributed by atoms with Gasteiger partial charge in [0.15, 0.2) is 0 Å². The number of alkyl halides is 3. The number of fused-ring (bicyclic) bond motifs is 1. The van der Waals surface area contributed by atoms with Gasteiger partial charge in [0.1, 0.15) is 4.90 Å². The van der Waals surface area contributed by atoms with E-state index in [4.69, 9.17) is 5.26 Å². The van der Waals surface area contributed by atoms with Crippen LogP contribution in [0, 0.1) is 11.3 Å². The van der Waals surface area contributed by atoms with E-state index in [2.05, 4.69) is 9.88 Å². The van der Waals surface area contributed by atoms with Gasteiger partial charge in [0.25, 0.3) is 11.8 Å². The van der Waals surface area contributed by atoms with Crippen LogP contribution in [-0.4, -0.2) is 67.1 Å². The smallest absolute Gasteiger partial charge is 0.301 e. The molecule has 0 bridgehead atoms. The van der Waals surface area contributed by atoms with Crippen molar-refractivity contribution in [1.82, 2.24) is 14.2 Å². The van der Waals surface area contributed by atoms with Gasteiger partial charge in [-0.15, -0.1) is 0 Å². The highest BCUT2D eigenvalue weighted by molar-refractivity contribution is 7.89. The summed E-state index contributed by atoms with van der Waals surface area (Å²) in [5, 5.41) is 9.78. The summed E-state index contributed by atoms with van der Waals surface area (Å²) in [7, 11) is -3.72. The number of amides is 2. The lowest BCUT2D eigenvalue weighted by atomic mass is 10.0. The highest BCUT2D eigenvalue weighted by Crippen LogP contribution is 2.37. The van der Waals surface area contributed by atoms with Gasteiger partial charge in [-0.2, -0.15) is 22.7 Å². The van der Waals surface area contributed by atoms with E-state index < -0.39 is 39.1 Å². The van der Waals surface area contributed by atoms with E-state index >= 15 is 0 Å². The van der Waals surface area contributed by atoms with Gasteiger partial charge < -0.3 is 4.90 Å². The first-order valence-electron chi connectivity index (χ1n) is 13.7. The lowest BCUT2D eigenvalue weighted by Crippen LogP contribution is -2.48. The van der Waals surface area contributed by atoms with Gasteiger partial charge in [-0.1, -0.05) is 18.2 Å². The topological polar surface area (TPSA) is 115 Å². The van der Waals surface area contributed by atoms with Crippen molar-refractivity contribution in [2.75, 3.05) is 37.6 Å². The van der Waals surface area contributed by atoms with Gasteiger partial charge in [-0.05, 0) is 63.1 Å². The van der Waals surface area contributed by atoms with Crippen LogP contribution in [0.5, 0.6) is 0 Å². The van der Waals surface area contributed by atoms with Crippen LogP contribution >= 0.6 is 0 Å². The molecule has 3 heterocycles. The molecule has 43 heavy (non-hydrogen) atoms. The molecule has 224 valence electrons. The van der Waals surface area contributed by atoms with E-state index in [0.29, 0.717) is 57.1 Å². The summed E-state index contributed by atoms with van der Waals surface area (Å²) in [6.45, 7) is 3.85. The third kappa shape index (κ3) is 5.90. The molecule has 3 aromatic rings. The molecule has 1 saturated heterocycles. The van der Waals surface area contributed by atoms with Gasteiger partial charge in [0.05, 0.1) is 28.4 Å². The Morgan fingerprint density at radius 1 is 0.977 bits per heavy atom. The number of piperazine rings is 1. The largest absolute Gasteiger partial charge is 0.417 e.